The molecule has 0 aliphatic heterocycles. The first-order chi connectivity index (χ1) is 9.20. The molecule has 0 amide bonds. The van der Waals surface area contributed by atoms with Crippen molar-refractivity contribution in [2.75, 3.05) is 6.61 Å². The summed E-state index contributed by atoms with van der Waals surface area (Å²) in [6.07, 6.45) is -0.702. The number of ether oxygens (including phenoxy) is 1. The maximum absolute atomic E-state index is 10.0. The van der Waals surface area contributed by atoms with Crippen LogP contribution in [-0.2, 0) is 0 Å². The third-order valence-corrected chi connectivity index (χ3v) is 2.91. The van der Waals surface area contributed by atoms with E-state index in [1.165, 1.54) is 0 Å². The first-order valence-corrected chi connectivity index (χ1v) is 6.07. The van der Waals surface area contributed by atoms with Gasteiger partial charge in [0.1, 0.15) is 18.5 Å². The van der Waals surface area contributed by atoms with Gasteiger partial charge in [-0.2, -0.15) is 5.26 Å². The van der Waals surface area contributed by atoms with Crippen molar-refractivity contribution in [2.24, 2.45) is 0 Å². The van der Waals surface area contributed by atoms with Gasteiger partial charge < -0.3 is 9.84 Å². The van der Waals surface area contributed by atoms with Gasteiger partial charge in [0.15, 0.2) is 0 Å². The summed E-state index contributed by atoms with van der Waals surface area (Å²) in [7, 11) is 0. The number of hydrogen-bond acceptors (Lipinski definition) is 3. The van der Waals surface area contributed by atoms with Crippen LogP contribution in [0.1, 0.15) is 22.8 Å². The summed E-state index contributed by atoms with van der Waals surface area (Å²) in [5.74, 6) is 0.773. The SMILES string of the molecule is Cc1ccccc1OCC(O)c1ccc(C#N)cc1. The van der Waals surface area contributed by atoms with Crippen molar-refractivity contribution >= 4 is 0 Å². The fourth-order valence-corrected chi connectivity index (χ4v) is 1.76. The summed E-state index contributed by atoms with van der Waals surface area (Å²) in [6, 6.07) is 16.6. The van der Waals surface area contributed by atoms with E-state index in [1.54, 1.807) is 24.3 Å². The van der Waals surface area contributed by atoms with E-state index in [0.29, 0.717) is 5.56 Å². The minimum absolute atomic E-state index is 0.191. The van der Waals surface area contributed by atoms with Crippen LogP contribution in [0.15, 0.2) is 48.5 Å². The number of nitriles is 1. The highest BCUT2D eigenvalue weighted by Gasteiger charge is 2.09. The van der Waals surface area contributed by atoms with Crippen molar-refractivity contribution < 1.29 is 9.84 Å². The molecule has 2 rings (SSSR count). The van der Waals surface area contributed by atoms with E-state index in [1.807, 2.05) is 37.3 Å². The summed E-state index contributed by atoms with van der Waals surface area (Å²) in [5.41, 5.74) is 2.36. The molecule has 0 aromatic heterocycles. The fourth-order valence-electron chi connectivity index (χ4n) is 1.76. The summed E-state index contributed by atoms with van der Waals surface area (Å²) in [4.78, 5) is 0. The molecule has 0 spiro atoms. The average molecular weight is 253 g/mol. The number of hydrogen-bond donors (Lipinski definition) is 1. The molecular formula is C16H15NO2. The number of nitrogens with zero attached hydrogens (tertiary/aromatic N) is 1. The first-order valence-electron chi connectivity index (χ1n) is 6.07. The third-order valence-electron chi connectivity index (χ3n) is 2.91. The zero-order chi connectivity index (χ0) is 13.7. The zero-order valence-electron chi connectivity index (χ0n) is 10.7. The maximum Gasteiger partial charge on any atom is 0.122 e. The third kappa shape index (κ3) is 3.34. The highest BCUT2D eigenvalue weighted by atomic mass is 16.5. The lowest BCUT2D eigenvalue weighted by atomic mass is 10.1. The molecule has 3 nitrogen and oxygen atoms in total. The molecule has 1 unspecified atom stereocenters. The Labute approximate surface area is 112 Å². The first kappa shape index (κ1) is 13.1. The Hall–Kier alpha value is -2.31. The van der Waals surface area contributed by atoms with E-state index in [0.717, 1.165) is 16.9 Å². The summed E-state index contributed by atoms with van der Waals surface area (Å²) < 4.78 is 5.59. The van der Waals surface area contributed by atoms with Crippen LogP contribution in [0, 0.1) is 18.3 Å². The molecule has 96 valence electrons. The van der Waals surface area contributed by atoms with Crippen LogP contribution in [0.4, 0.5) is 0 Å². The van der Waals surface area contributed by atoms with E-state index in [2.05, 4.69) is 0 Å². The van der Waals surface area contributed by atoms with E-state index >= 15 is 0 Å². The van der Waals surface area contributed by atoms with Crippen LogP contribution in [-0.4, -0.2) is 11.7 Å². The minimum atomic E-state index is -0.702. The second-order valence-corrected chi connectivity index (χ2v) is 4.33. The lowest BCUT2D eigenvalue weighted by Gasteiger charge is -2.14. The fraction of sp³-hybridized carbons (Fsp3) is 0.188. The Balaban J connectivity index is 1.99. The molecule has 1 N–H and O–H groups in total. The van der Waals surface area contributed by atoms with Crippen molar-refractivity contribution in [3.8, 4) is 11.8 Å². The Kier molecular flexibility index (Phi) is 4.17. The van der Waals surface area contributed by atoms with Crippen molar-refractivity contribution in [1.82, 2.24) is 0 Å². The summed E-state index contributed by atoms with van der Waals surface area (Å²) in [6.45, 7) is 2.15. The van der Waals surface area contributed by atoms with E-state index in [9.17, 15) is 5.11 Å². The molecule has 2 aromatic rings. The normalized spacial score (nSPS) is 11.6. The molecule has 0 radical (unpaired) electrons. The molecule has 0 saturated heterocycles. The largest absolute Gasteiger partial charge is 0.490 e. The predicted molar refractivity (Wildman–Crippen MR) is 72.8 cm³/mol. The Morgan fingerprint density at radius 3 is 2.47 bits per heavy atom. The molecule has 0 aliphatic carbocycles. The van der Waals surface area contributed by atoms with Gasteiger partial charge in [-0.3, -0.25) is 0 Å². The van der Waals surface area contributed by atoms with Gasteiger partial charge in [-0.25, -0.2) is 0 Å². The highest BCUT2D eigenvalue weighted by molar-refractivity contribution is 5.33. The van der Waals surface area contributed by atoms with Gasteiger partial charge in [0.05, 0.1) is 11.6 Å². The Bertz CT molecular complexity index is 584. The van der Waals surface area contributed by atoms with Crippen LogP contribution in [0.5, 0.6) is 5.75 Å². The van der Waals surface area contributed by atoms with Gasteiger partial charge >= 0.3 is 0 Å². The number of aryl methyl sites for hydroxylation is 1. The van der Waals surface area contributed by atoms with E-state index in [4.69, 9.17) is 10.00 Å². The zero-order valence-corrected chi connectivity index (χ0v) is 10.7. The smallest absolute Gasteiger partial charge is 0.122 e. The van der Waals surface area contributed by atoms with Gasteiger partial charge in [0.2, 0.25) is 0 Å². The van der Waals surface area contributed by atoms with Crippen LogP contribution in [0.2, 0.25) is 0 Å². The minimum Gasteiger partial charge on any atom is -0.490 e. The van der Waals surface area contributed by atoms with Gasteiger partial charge in [-0.15, -0.1) is 0 Å². The molecular weight excluding hydrogens is 238 g/mol. The number of benzene rings is 2. The average Bonchev–Trinajstić information content (AvgIpc) is 2.46. The molecule has 3 heteroatoms. The molecule has 0 saturated carbocycles. The monoisotopic (exact) mass is 253 g/mol. The molecule has 1 atom stereocenters. The van der Waals surface area contributed by atoms with Crippen molar-refractivity contribution in [2.45, 2.75) is 13.0 Å². The Morgan fingerprint density at radius 1 is 1.16 bits per heavy atom. The molecule has 0 aliphatic rings. The van der Waals surface area contributed by atoms with Crippen LogP contribution in [0.3, 0.4) is 0 Å². The quantitative estimate of drug-likeness (QED) is 0.911. The second-order valence-electron chi connectivity index (χ2n) is 4.33. The van der Waals surface area contributed by atoms with Crippen molar-refractivity contribution in [1.29, 1.82) is 5.26 Å². The molecule has 19 heavy (non-hydrogen) atoms. The number of para-hydroxylation sites is 1. The number of rotatable bonds is 4. The van der Waals surface area contributed by atoms with Crippen LogP contribution < -0.4 is 4.74 Å². The van der Waals surface area contributed by atoms with Gasteiger partial charge in [0.25, 0.3) is 0 Å². The molecule has 0 bridgehead atoms. The van der Waals surface area contributed by atoms with Crippen LogP contribution >= 0.6 is 0 Å². The van der Waals surface area contributed by atoms with Gasteiger partial charge in [0, 0.05) is 0 Å². The van der Waals surface area contributed by atoms with Gasteiger partial charge in [-0.05, 0) is 36.2 Å². The molecule has 0 heterocycles. The number of aliphatic hydroxyl groups is 1. The van der Waals surface area contributed by atoms with E-state index in [-0.39, 0.29) is 6.61 Å². The van der Waals surface area contributed by atoms with Crippen molar-refractivity contribution in [3.05, 3.63) is 65.2 Å². The lowest BCUT2D eigenvalue weighted by molar-refractivity contribution is 0.108. The second kappa shape index (κ2) is 6.03. The predicted octanol–water partition coefficient (Wildman–Crippen LogP) is 2.98. The maximum atomic E-state index is 10.0. The summed E-state index contributed by atoms with van der Waals surface area (Å²) >= 11 is 0. The molecule has 0 fully saturated rings. The highest BCUT2D eigenvalue weighted by Crippen LogP contribution is 2.19. The van der Waals surface area contributed by atoms with Crippen molar-refractivity contribution in [3.63, 3.8) is 0 Å². The standard InChI is InChI=1S/C16H15NO2/c1-12-4-2-3-5-16(12)19-11-15(18)14-8-6-13(10-17)7-9-14/h2-9,15,18H,11H2,1H3. The lowest BCUT2D eigenvalue weighted by Crippen LogP contribution is -2.10. The molecule has 2 aromatic carbocycles. The number of aliphatic hydroxyl groups excluding tert-OH is 1. The topological polar surface area (TPSA) is 53.2 Å². The Morgan fingerprint density at radius 2 is 1.84 bits per heavy atom. The summed E-state index contributed by atoms with van der Waals surface area (Å²) in [5, 5.41) is 18.7. The van der Waals surface area contributed by atoms with Gasteiger partial charge in [-0.1, -0.05) is 30.3 Å². The van der Waals surface area contributed by atoms with Crippen LogP contribution in [0.25, 0.3) is 0 Å². The van der Waals surface area contributed by atoms with E-state index < -0.39 is 6.10 Å².